The van der Waals surface area contributed by atoms with Gasteiger partial charge in [-0.3, -0.25) is 9.20 Å². The molecular formula is C16H14ClN3O2. The summed E-state index contributed by atoms with van der Waals surface area (Å²) in [5.74, 6) is 0.742. The molecule has 112 valence electrons. The highest BCUT2D eigenvalue weighted by Gasteiger charge is 2.05. The Hall–Kier alpha value is -2.53. The number of halogens is 1. The van der Waals surface area contributed by atoms with Gasteiger partial charge in [-0.15, -0.1) is 0 Å². The van der Waals surface area contributed by atoms with Gasteiger partial charge < -0.3 is 10.1 Å². The zero-order valence-corrected chi connectivity index (χ0v) is 12.7. The Bertz CT molecular complexity index is 877. The van der Waals surface area contributed by atoms with Crippen molar-refractivity contribution in [1.29, 1.82) is 0 Å². The number of hydrogen-bond acceptors (Lipinski definition) is 4. The molecule has 0 aliphatic rings. The van der Waals surface area contributed by atoms with Crippen molar-refractivity contribution >= 4 is 22.9 Å². The first-order valence-corrected chi connectivity index (χ1v) is 7.10. The molecule has 1 N–H and O–H groups in total. The monoisotopic (exact) mass is 315 g/mol. The van der Waals surface area contributed by atoms with Crippen molar-refractivity contribution in [2.45, 2.75) is 6.54 Å². The summed E-state index contributed by atoms with van der Waals surface area (Å²) in [6.07, 6.45) is 1.56. The molecule has 0 atom stereocenters. The highest BCUT2D eigenvalue weighted by atomic mass is 35.5. The Kier molecular flexibility index (Phi) is 3.98. The van der Waals surface area contributed by atoms with Crippen LogP contribution in [-0.4, -0.2) is 16.5 Å². The maximum absolute atomic E-state index is 12.1. The predicted molar refractivity (Wildman–Crippen MR) is 86.8 cm³/mol. The molecule has 22 heavy (non-hydrogen) atoms. The van der Waals surface area contributed by atoms with E-state index in [-0.39, 0.29) is 5.56 Å². The maximum Gasteiger partial charge on any atom is 0.258 e. The number of benzene rings is 1. The molecule has 0 spiro atoms. The molecule has 1 aromatic carbocycles. The highest BCUT2D eigenvalue weighted by molar-refractivity contribution is 6.30. The van der Waals surface area contributed by atoms with Gasteiger partial charge in [-0.2, -0.15) is 0 Å². The largest absolute Gasteiger partial charge is 0.495 e. The molecule has 2 heterocycles. The molecule has 0 bridgehead atoms. The minimum atomic E-state index is -0.163. The van der Waals surface area contributed by atoms with Crippen molar-refractivity contribution in [2.75, 3.05) is 12.4 Å². The van der Waals surface area contributed by atoms with Crippen LogP contribution in [0.25, 0.3) is 5.65 Å². The molecule has 0 saturated heterocycles. The molecule has 3 rings (SSSR count). The lowest BCUT2D eigenvalue weighted by atomic mass is 10.3. The van der Waals surface area contributed by atoms with Crippen LogP contribution < -0.4 is 15.6 Å². The van der Waals surface area contributed by atoms with Crippen LogP contribution in [0.3, 0.4) is 0 Å². The van der Waals surface area contributed by atoms with Gasteiger partial charge in [-0.1, -0.05) is 23.7 Å². The Morgan fingerprint density at radius 2 is 2.09 bits per heavy atom. The zero-order valence-electron chi connectivity index (χ0n) is 11.9. The number of pyridine rings is 1. The average molecular weight is 316 g/mol. The number of rotatable bonds is 4. The van der Waals surface area contributed by atoms with Crippen molar-refractivity contribution in [3.8, 4) is 5.75 Å². The molecule has 2 aromatic heterocycles. The van der Waals surface area contributed by atoms with E-state index in [1.54, 1.807) is 25.4 Å². The molecular weight excluding hydrogens is 302 g/mol. The fourth-order valence-corrected chi connectivity index (χ4v) is 2.35. The van der Waals surface area contributed by atoms with Crippen LogP contribution in [0.5, 0.6) is 5.75 Å². The third kappa shape index (κ3) is 2.89. The molecule has 0 aliphatic heterocycles. The van der Waals surface area contributed by atoms with E-state index in [4.69, 9.17) is 16.3 Å². The number of hydrogen-bond donors (Lipinski definition) is 1. The molecule has 6 heteroatoms. The number of aromatic nitrogens is 2. The SMILES string of the molecule is COc1ccccc1NCc1cc(=O)n2cc(Cl)ccc2n1. The highest BCUT2D eigenvalue weighted by Crippen LogP contribution is 2.23. The molecule has 0 aliphatic carbocycles. The Labute approximate surface area is 132 Å². The number of methoxy groups -OCH3 is 1. The van der Waals surface area contributed by atoms with Crippen LogP contribution in [0.4, 0.5) is 5.69 Å². The van der Waals surface area contributed by atoms with Gasteiger partial charge in [0.2, 0.25) is 0 Å². The van der Waals surface area contributed by atoms with Crippen LogP contribution in [0, 0.1) is 0 Å². The van der Waals surface area contributed by atoms with Crippen molar-refractivity contribution in [3.63, 3.8) is 0 Å². The topological polar surface area (TPSA) is 55.6 Å². The van der Waals surface area contributed by atoms with Crippen molar-refractivity contribution in [3.05, 3.63) is 69.7 Å². The summed E-state index contributed by atoms with van der Waals surface area (Å²) in [4.78, 5) is 16.5. The first-order valence-electron chi connectivity index (χ1n) is 6.72. The standard InChI is InChI=1S/C16H14ClN3O2/c1-22-14-5-3-2-4-13(14)18-9-12-8-16(21)20-10-11(17)6-7-15(20)19-12/h2-8,10,18H,9H2,1H3. The fraction of sp³-hybridized carbons (Fsp3) is 0.125. The summed E-state index contributed by atoms with van der Waals surface area (Å²) in [6.45, 7) is 0.425. The van der Waals surface area contributed by atoms with E-state index in [9.17, 15) is 4.79 Å². The summed E-state index contributed by atoms with van der Waals surface area (Å²) >= 11 is 5.89. The van der Waals surface area contributed by atoms with Crippen LogP contribution in [0.1, 0.15) is 5.69 Å². The summed E-state index contributed by atoms with van der Waals surface area (Å²) in [5, 5.41) is 3.72. The van der Waals surface area contributed by atoms with Gasteiger partial charge in [0.05, 0.1) is 30.1 Å². The molecule has 0 unspecified atom stereocenters. The first-order chi connectivity index (χ1) is 10.7. The molecule has 0 radical (unpaired) electrons. The van der Waals surface area contributed by atoms with Gasteiger partial charge in [-0.25, -0.2) is 4.98 Å². The number of ether oxygens (including phenoxy) is 1. The molecule has 0 amide bonds. The number of para-hydroxylation sites is 2. The van der Waals surface area contributed by atoms with E-state index < -0.39 is 0 Å². The van der Waals surface area contributed by atoms with Gasteiger partial charge in [0, 0.05) is 12.3 Å². The lowest BCUT2D eigenvalue weighted by Gasteiger charge is -2.11. The van der Waals surface area contributed by atoms with E-state index in [0.29, 0.717) is 22.9 Å². The summed E-state index contributed by atoms with van der Waals surface area (Å²) in [7, 11) is 1.62. The van der Waals surface area contributed by atoms with E-state index in [2.05, 4.69) is 10.3 Å². The molecule has 0 fully saturated rings. The maximum atomic E-state index is 12.1. The van der Waals surface area contributed by atoms with E-state index in [1.807, 2.05) is 24.3 Å². The normalized spacial score (nSPS) is 10.6. The predicted octanol–water partition coefficient (Wildman–Crippen LogP) is 2.97. The van der Waals surface area contributed by atoms with Gasteiger partial charge in [-0.05, 0) is 24.3 Å². The van der Waals surface area contributed by atoms with Gasteiger partial charge in [0.1, 0.15) is 11.4 Å². The van der Waals surface area contributed by atoms with E-state index in [0.717, 1.165) is 11.4 Å². The van der Waals surface area contributed by atoms with Crippen LogP contribution in [-0.2, 0) is 6.54 Å². The number of fused-ring (bicyclic) bond motifs is 1. The van der Waals surface area contributed by atoms with Crippen molar-refractivity contribution in [1.82, 2.24) is 9.38 Å². The molecule has 5 nitrogen and oxygen atoms in total. The summed E-state index contributed by atoms with van der Waals surface area (Å²) < 4.78 is 6.70. The van der Waals surface area contributed by atoms with Crippen molar-refractivity contribution < 1.29 is 4.74 Å². The quantitative estimate of drug-likeness (QED) is 0.804. The smallest absolute Gasteiger partial charge is 0.258 e. The number of anilines is 1. The minimum Gasteiger partial charge on any atom is -0.495 e. The number of nitrogens with zero attached hydrogens (tertiary/aromatic N) is 2. The second-order valence-corrected chi connectivity index (χ2v) is 5.15. The third-order valence-electron chi connectivity index (χ3n) is 3.24. The lowest BCUT2D eigenvalue weighted by molar-refractivity contribution is 0.416. The minimum absolute atomic E-state index is 0.163. The second-order valence-electron chi connectivity index (χ2n) is 4.72. The molecule has 0 saturated carbocycles. The van der Waals surface area contributed by atoms with Crippen LogP contribution in [0.2, 0.25) is 5.02 Å². The number of nitrogens with one attached hydrogen (secondary N) is 1. The van der Waals surface area contributed by atoms with Crippen molar-refractivity contribution in [2.24, 2.45) is 0 Å². The van der Waals surface area contributed by atoms with Gasteiger partial charge >= 0.3 is 0 Å². The second kappa shape index (κ2) is 6.07. The van der Waals surface area contributed by atoms with Gasteiger partial charge in [0.25, 0.3) is 5.56 Å². The van der Waals surface area contributed by atoms with Crippen LogP contribution >= 0.6 is 11.6 Å². The third-order valence-corrected chi connectivity index (χ3v) is 3.47. The molecule has 3 aromatic rings. The Morgan fingerprint density at radius 1 is 1.27 bits per heavy atom. The van der Waals surface area contributed by atoms with Gasteiger partial charge in [0.15, 0.2) is 0 Å². The average Bonchev–Trinajstić information content (AvgIpc) is 2.54. The summed E-state index contributed by atoms with van der Waals surface area (Å²) in [6, 6.07) is 12.5. The first kappa shape index (κ1) is 14.4. The zero-order chi connectivity index (χ0) is 15.5. The fourth-order valence-electron chi connectivity index (χ4n) is 2.19. The lowest BCUT2D eigenvalue weighted by Crippen LogP contribution is -2.16. The summed E-state index contributed by atoms with van der Waals surface area (Å²) in [5.41, 5.74) is 1.90. The van der Waals surface area contributed by atoms with E-state index >= 15 is 0 Å². The Balaban J connectivity index is 1.88. The van der Waals surface area contributed by atoms with Crippen LogP contribution in [0.15, 0.2) is 53.5 Å². The Morgan fingerprint density at radius 3 is 2.91 bits per heavy atom. The van der Waals surface area contributed by atoms with E-state index in [1.165, 1.54) is 10.5 Å².